The lowest BCUT2D eigenvalue weighted by Crippen LogP contribution is -2.36. The second-order valence-electron chi connectivity index (χ2n) is 4.46. The average Bonchev–Trinajstić information content (AvgIpc) is 2.83. The van der Waals surface area contributed by atoms with Crippen molar-refractivity contribution in [2.45, 2.75) is 26.4 Å². The predicted octanol–water partition coefficient (Wildman–Crippen LogP) is 3.77. The normalized spacial score (nSPS) is 11.9. The van der Waals surface area contributed by atoms with E-state index < -0.39 is 0 Å². The topological polar surface area (TPSA) is 54.0 Å². The fraction of sp³-hybridized carbons (Fsp3) is 0.286. The molecule has 2 rings (SSSR count). The van der Waals surface area contributed by atoms with Gasteiger partial charge in [0.2, 0.25) is 0 Å². The number of rotatable bonds is 4. The molecule has 0 saturated carbocycles. The molecule has 0 aliphatic carbocycles. The first-order valence-electron chi connectivity index (χ1n) is 6.25. The highest BCUT2D eigenvalue weighted by Crippen LogP contribution is 2.16. The molecule has 1 unspecified atom stereocenters. The molecule has 0 fully saturated rings. The van der Waals surface area contributed by atoms with E-state index >= 15 is 0 Å². The Labute approximate surface area is 130 Å². The number of halogens is 1. The largest absolute Gasteiger partial charge is 0.332 e. The van der Waals surface area contributed by atoms with Gasteiger partial charge in [-0.15, -0.1) is 11.3 Å². The summed E-state index contributed by atoms with van der Waals surface area (Å²) in [4.78, 5) is 16.1. The molecule has 106 valence electrons. The van der Waals surface area contributed by atoms with Crippen LogP contribution in [-0.4, -0.2) is 11.0 Å². The molecule has 6 heteroatoms. The highest BCUT2D eigenvalue weighted by atomic mass is 79.9. The minimum Gasteiger partial charge on any atom is -0.332 e. The number of carbonyl (C=O) groups is 1. The van der Waals surface area contributed by atoms with Gasteiger partial charge < -0.3 is 10.6 Å². The van der Waals surface area contributed by atoms with Gasteiger partial charge in [-0.3, -0.25) is 0 Å². The Morgan fingerprint density at radius 3 is 2.70 bits per heavy atom. The van der Waals surface area contributed by atoms with E-state index in [1.165, 1.54) is 0 Å². The van der Waals surface area contributed by atoms with Crippen molar-refractivity contribution in [1.29, 1.82) is 0 Å². The minimum atomic E-state index is -0.189. The van der Waals surface area contributed by atoms with Gasteiger partial charge in [0.25, 0.3) is 0 Å². The molecule has 1 heterocycles. The fourth-order valence-electron chi connectivity index (χ4n) is 1.74. The van der Waals surface area contributed by atoms with Gasteiger partial charge in [0.1, 0.15) is 0 Å². The highest BCUT2D eigenvalue weighted by Gasteiger charge is 2.09. The van der Waals surface area contributed by atoms with Gasteiger partial charge in [-0.2, -0.15) is 0 Å². The molecule has 2 N–H and O–H groups in total. The van der Waals surface area contributed by atoms with Gasteiger partial charge in [0.15, 0.2) is 0 Å². The molecule has 1 atom stereocenters. The molecule has 0 aliphatic rings. The summed E-state index contributed by atoms with van der Waals surface area (Å²) >= 11 is 4.97. The zero-order valence-corrected chi connectivity index (χ0v) is 13.7. The van der Waals surface area contributed by atoms with Crippen LogP contribution in [0.4, 0.5) is 4.79 Å². The third-order valence-corrected chi connectivity index (χ3v) is 4.17. The van der Waals surface area contributed by atoms with Crippen molar-refractivity contribution in [1.82, 2.24) is 15.6 Å². The number of urea groups is 1. The van der Waals surface area contributed by atoms with E-state index in [0.29, 0.717) is 6.54 Å². The first kappa shape index (κ1) is 15.0. The van der Waals surface area contributed by atoms with Crippen LogP contribution in [0, 0.1) is 6.92 Å². The van der Waals surface area contributed by atoms with E-state index in [-0.39, 0.29) is 12.1 Å². The van der Waals surface area contributed by atoms with Crippen LogP contribution in [0.2, 0.25) is 0 Å². The van der Waals surface area contributed by atoms with E-state index in [0.717, 1.165) is 20.7 Å². The lowest BCUT2D eigenvalue weighted by molar-refractivity contribution is 0.237. The SMILES string of the molecule is Cc1nc(CNC(=O)NC(C)c2ccc(Br)cc2)cs1. The summed E-state index contributed by atoms with van der Waals surface area (Å²) in [6, 6.07) is 7.66. The Bertz CT molecular complexity index is 582. The van der Waals surface area contributed by atoms with E-state index in [2.05, 4.69) is 31.5 Å². The van der Waals surface area contributed by atoms with Gasteiger partial charge in [-0.1, -0.05) is 28.1 Å². The second kappa shape index (κ2) is 6.85. The van der Waals surface area contributed by atoms with Crippen LogP contribution in [0.15, 0.2) is 34.1 Å². The quantitative estimate of drug-likeness (QED) is 0.878. The van der Waals surface area contributed by atoms with Crippen molar-refractivity contribution in [2.24, 2.45) is 0 Å². The zero-order chi connectivity index (χ0) is 14.5. The fourth-order valence-corrected chi connectivity index (χ4v) is 2.62. The van der Waals surface area contributed by atoms with Gasteiger partial charge in [0.05, 0.1) is 23.3 Å². The van der Waals surface area contributed by atoms with E-state index in [1.54, 1.807) is 11.3 Å². The van der Waals surface area contributed by atoms with Crippen LogP contribution in [0.5, 0.6) is 0 Å². The molecule has 0 spiro atoms. The molecular weight excluding hydrogens is 338 g/mol. The summed E-state index contributed by atoms with van der Waals surface area (Å²) in [7, 11) is 0. The molecule has 0 bridgehead atoms. The summed E-state index contributed by atoms with van der Waals surface area (Å²) < 4.78 is 1.02. The van der Waals surface area contributed by atoms with E-state index in [1.807, 2.05) is 43.5 Å². The Morgan fingerprint density at radius 1 is 1.40 bits per heavy atom. The average molecular weight is 354 g/mol. The first-order chi connectivity index (χ1) is 9.54. The number of hydrogen-bond acceptors (Lipinski definition) is 3. The number of carbonyl (C=O) groups excluding carboxylic acids is 1. The molecule has 20 heavy (non-hydrogen) atoms. The Morgan fingerprint density at radius 2 is 2.10 bits per heavy atom. The van der Waals surface area contributed by atoms with Crippen LogP contribution in [0.1, 0.15) is 29.2 Å². The van der Waals surface area contributed by atoms with Crippen LogP contribution >= 0.6 is 27.3 Å². The first-order valence-corrected chi connectivity index (χ1v) is 7.92. The smallest absolute Gasteiger partial charge is 0.315 e. The highest BCUT2D eigenvalue weighted by molar-refractivity contribution is 9.10. The summed E-state index contributed by atoms with van der Waals surface area (Å²) in [5.74, 6) is 0. The Balaban J connectivity index is 1.83. The maximum Gasteiger partial charge on any atom is 0.315 e. The summed E-state index contributed by atoms with van der Waals surface area (Å²) in [6.07, 6.45) is 0. The maximum atomic E-state index is 11.8. The standard InChI is InChI=1S/C14H16BrN3OS/c1-9(11-3-5-12(15)6-4-11)17-14(19)16-7-13-8-20-10(2)18-13/h3-6,8-9H,7H2,1-2H3,(H2,16,17,19). The maximum absolute atomic E-state index is 11.8. The van der Waals surface area contributed by atoms with Crippen LogP contribution in [0.25, 0.3) is 0 Å². The number of hydrogen-bond donors (Lipinski definition) is 2. The number of amides is 2. The lowest BCUT2D eigenvalue weighted by atomic mass is 10.1. The number of aryl methyl sites for hydroxylation is 1. The van der Waals surface area contributed by atoms with E-state index in [9.17, 15) is 4.79 Å². The number of nitrogens with zero attached hydrogens (tertiary/aromatic N) is 1. The van der Waals surface area contributed by atoms with Crippen molar-refractivity contribution < 1.29 is 4.79 Å². The molecule has 1 aromatic carbocycles. The minimum absolute atomic E-state index is 0.0414. The molecule has 0 saturated heterocycles. The number of thiazole rings is 1. The van der Waals surface area contributed by atoms with Gasteiger partial charge >= 0.3 is 6.03 Å². The van der Waals surface area contributed by atoms with Crippen LogP contribution < -0.4 is 10.6 Å². The van der Waals surface area contributed by atoms with Crippen molar-refractivity contribution >= 4 is 33.3 Å². The van der Waals surface area contributed by atoms with E-state index in [4.69, 9.17) is 0 Å². The molecule has 2 aromatic rings. The van der Waals surface area contributed by atoms with Crippen molar-refractivity contribution in [3.8, 4) is 0 Å². The van der Waals surface area contributed by atoms with Crippen LogP contribution in [0.3, 0.4) is 0 Å². The van der Waals surface area contributed by atoms with Gasteiger partial charge in [-0.05, 0) is 31.5 Å². The molecule has 4 nitrogen and oxygen atoms in total. The number of aromatic nitrogens is 1. The molecular formula is C14H16BrN3OS. The van der Waals surface area contributed by atoms with Crippen LogP contribution in [-0.2, 0) is 6.54 Å². The second-order valence-corrected chi connectivity index (χ2v) is 6.44. The predicted molar refractivity (Wildman–Crippen MR) is 84.8 cm³/mol. The summed E-state index contributed by atoms with van der Waals surface area (Å²) in [5, 5.41) is 8.67. The monoisotopic (exact) mass is 353 g/mol. The molecule has 0 radical (unpaired) electrons. The lowest BCUT2D eigenvalue weighted by Gasteiger charge is -2.14. The third-order valence-electron chi connectivity index (χ3n) is 2.81. The zero-order valence-electron chi connectivity index (χ0n) is 11.3. The molecule has 1 aromatic heterocycles. The van der Waals surface area contributed by atoms with Gasteiger partial charge in [-0.25, -0.2) is 9.78 Å². The third kappa shape index (κ3) is 4.31. The van der Waals surface area contributed by atoms with Crippen molar-refractivity contribution in [3.63, 3.8) is 0 Å². The molecule has 0 aliphatic heterocycles. The summed E-state index contributed by atoms with van der Waals surface area (Å²) in [6.45, 7) is 4.35. The molecule has 2 amide bonds. The number of benzene rings is 1. The Kier molecular flexibility index (Phi) is 5.14. The van der Waals surface area contributed by atoms with Crippen molar-refractivity contribution in [3.05, 3.63) is 50.4 Å². The van der Waals surface area contributed by atoms with Crippen molar-refractivity contribution in [2.75, 3.05) is 0 Å². The van der Waals surface area contributed by atoms with Gasteiger partial charge in [0, 0.05) is 9.85 Å². The summed E-state index contributed by atoms with van der Waals surface area (Å²) in [5.41, 5.74) is 1.95. The number of nitrogens with one attached hydrogen (secondary N) is 2. The Hall–Kier alpha value is -1.40.